The molecule has 0 radical (unpaired) electrons. The maximum absolute atomic E-state index is 12.8. The molecule has 4 aromatic rings. The number of fused-ring (bicyclic) bond motifs is 1. The molecule has 0 atom stereocenters. The lowest BCUT2D eigenvalue weighted by molar-refractivity contribution is -0.132. The van der Waals surface area contributed by atoms with Crippen molar-refractivity contribution in [2.75, 3.05) is 31.1 Å². The lowest BCUT2D eigenvalue weighted by Crippen LogP contribution is -2.49. The lowest BCUT2D eigenvalue weighted by Gasteiger charge is -2.35. The van der Waals surface area contributed by atoms with Gasteiger partial charge in [0.1, 0.15) is 12.2 Å². The van der Waals surface area contributed by atoms with Gasteiger partial charge < -0.3 is 14.4 Å². The Labute approximate surface area is 173 Å². The number of aromatic nitrogens is 3. The van der Waals surface area contributed by atoms with Crippen LogP contribution in [0.25, 0.3) is 21.5 Å². The van der Waals surface area contributed by atoms with Gasteiger partial charge in [0.2, 0.25) is 5.91 Å². The van der Waals surface area contributed by atoms with Gasteiger partial charge in [-0.1, -0.05) is 24.3 Å². The number of rotatable bonds is 4. The van der Waals surface area contributed by atoms with Crippen molar-refractivity contribution in [2.45, 2.75) is 6.54 Å². The number of thiophene rings is 1. The molecule has 1 amide bonds. The highest BCUT2D eigenvalue weighted by atomic mass is 32.1. The lowest BCUT2D eigenvalue weighted by atomic mass is 10.2. The summed E-state index contributed by atoms with van der Waals surface area (Å²) in [5.41, 5.74) is 2.00. The number of nitrogens with zero attached hydrogens (tertiary/aromatic N) is 5. The first kappa shape index (κ1) is 17.9. The molecule has 1 fully saturated rings. The van der Waals surface area contributed by atoms with Crippen molar-refractivity contribution >= 4 is 34.0 Å². The number of benzene rings is 1. The molecule has 0 unspecified atom stereocenters. The molecule has 0 spiro atoms. The largest absolute Gasteiger partial charge is 0.352 e. The van der Waals surface area contributed by atoms with Crippen LogP contribution in [0.4, 0.5) is 5.82 Å². The Morgan fingerprint density at radius 1 is 0.931 bits per heavy atom. The molecule has 1 saturated heterocycles. The van der Waals surface area contributed by atoms with Crippen LogP contribution in [0.15, 0.2) is 66.2 Å². The van der Waals surface area contributed by atoms with E-state index in [-0.39, 0.29) is 5.91 Å². The van der Waals surface area contributed by atoms with Crippen molar-refractivity contribution < 1.29 is 4.79 Å². The van der Waals surface area contributed by atoms with Gasteiger partial charge in [0.05, 0.1) is 4.88 Å². The summed E-state index contributed by atoms with van der Waals surface area (Å²) in [6.07, 6.45) is 1.99. The molecule has 7 heteroatoms. The quantitative estimate of drug-likeness (QED) is 0.523. The van der Waals surface area contributed by atoms with Crippen molar-refractivity contribution in [3.63, 3.8) is 0 Å². The van der Waals surface area contributed by atoms with Gasteiger partial charge in [-0.2, -0.15) is 0 Å². The van der Waals surface area contributed by atoms with Crippen LogP contribution < -0.4 is 4.90 Å². The molecule has 6 nitrogen and oxygen atoms in total. The Balaban J connectivity index is 1.20. The summed E-state index contributed by atoms with van der Waals surface area (Å²) in [6, 6.07) is 18.3. The van der Waals surface area contributed by atoms with Crippen LogP contribution in [0.2, 0.25) is 0 Å². The zero-order valence-corrected chi connectivity index (χ0v) is 16.8. The Bertz CT molecular complexity index is 1110. The van der Waals surface area contributed by atoms with Gasteiger partial charge in [-0.25, -0.2) is 0 Å². The highest BCUT2D eigenvalue weighted by molar-refractivity contribution is 7.13. The molecule has 146 valence electrons. The Kier molecular flexibility index (Phi) is 4.73. The standard InChI is InChI=1S/C22H21N5OS/c28-22(16-27-10-9-17-4-1-2-5-19(17)27)26-13-11-25(12-14-26)21-8-7-18(23-24-21)20-6-3-15-29-20/h1-10,15H,11-14,16H2. The summed E-state index contributed by atoms with van der Waals surface area (Å²) in [7, 11) is 0. The maximum Gasteiger partial charge on any atom is 0.242 e. The van der Waals surface area contributed by atoms with Gasteiger partial charge in [0.25, 0.3) is 0 Å². The first-order valence-corrected chi connectivity index (χ1v) is 10.6. The van der Waals surface area contributed by atoms with Crippen LogP contribution in [0.5, 0.6) is 0 Å². The molecule has 1 aliphatic heterocycles. The van der Waals surface area contributed by atoms with Gasteiger partial charge in [-0.05, 0) is 41.1 Å². The van der Waals surface area contributed by atoms with Crippen LogP contribution in [0, 0.1) is 0 Å². The molecule has 1 aliphatic rings. The predicted molar refractivity (Wildman–Crippen MR) is 116 cm³/mol. The van der Waals surface area contributed by atoms with E-state index in [0.717, 1.165) is 40.4 Å². The van der Waals surface area contributed by atoms with E-state index in [1.807, 2.05) is 57.4 Å². The van der Waals surface area contributed by atoms with Crippen molar-refractivity contribution in [1.82, 2.24) is 19.7 Å². The zero-order valence-electron chi connectivity index (χ0n) is 15.9. The van der Waals surface area contributed by atoms with Gasteiger partial charge in [0, 0.05) is 37.9 Å². The molecule has 0 aliphatic carbocycles. The third-order valence-corrected chi connectivity index (χ3v) is 6.26. The van der Waals surface area contributed by atoms with Gasteiger partial charge in [-0.15, -0.1) is 21.5 Å². The maximum atomic E-state index is 12.8. The monoisotopic (exact) mass is 403 g/mol. The van der Waals surface area contributed by atoms with Crippen molar-refractivity contribution in [3.05, 3.63) is 66.2 Å². The van der Waals surface area contributed by atoms with E-state index in [0.29, 0.717) is 19.6 Å². The number of hydrogen-bond donors (Lipinski definition) is 0. The minimum atomic E-state index is 0.158. The number of hydrogen-bond acceptors (Lipinski definition) is 5. The molecular formula is C22H21N5OS. The molecule has 4 heterocycles. The van der Waals surface area contributed by atoms with E-state index in [1.54, 1.807) is 11.3 Å². The van der Waals surface area contributed by atoms with Crippen LogP contribution in [0.3, 0.4) is 0 Å². The molecule has 3 aromatic heterocycles. The first-order valence-electron chi connectivity index (χ1n) is 9.72. The molecular weight excluding hydrogens is 382 g/mol. The molecule has 1 aromatic carbocycles. The third kappa shape index (κ3) is 3.61. The fourth-order valence-electron chi connectivity index (χ4n) is 3.76. The van der Waals surface area contributed by atoms with Crippen LogP contribution in [-0.4, -0.2) is 51.8 Å². The summed E-state index contributed by atoms with van der Waals surface area (Å²) in [4.78, 5) is 18.0. The molecule has 0 saturated carbocycles. The second-order valence-corrected chi connectivity index (χ2v) is 8.07. The summed E-state index contributed by atoms with van der Waals surface area (Å²) < 4.78 is 2.03. The number of piperazine rings is 1. The van der Waals surface area contributed by atoms with E-state index in [1.165, 1.54) is 0 Å². The van der Waals surface area contributed by atoms with Crippen LogP contribution in [0.1, 0.15) is 0 Å². The molecule has 29 heavy (non-hydrogen) atoms. The van der Waals surface area contributed by atoms with Gasteiger partial charge in [0.15, 0.2) is 5.82 Å². The summed E-state index contributed by atoms with van der Waals surface area (Å²) >= 11 is 1.66. The van der Waals surface area contributed by atoms with Gasteiger partial charge >= 0.3 is 0 Å². The fraction of sp³-hybridized carbons (Fsp3) is 0.227. The average Bonchev–Trinajstić information content (AvgIpc) is 3.45. The minimum absolute atomic E-state index is 0.158. The van der Waals surface area contributed by atoms with E-state index in [2.05, 4.69) is 33.3 Å². The highest BCUT2D eigenvalue weighted by Gasteiger charge is 2.22. The normalized spacial score (nSPS) is 14.5. The number of carbonyl (C=O) groups is 1. The number of amides is 1. The Morgan fingerprint density at radius 2 is 1.79 bits per heavy atom. The SMILES string of the molecule is O=C(Cn1ccc2ccccc21)N1CCN(c2ccc(-c3cccs3)nn2)CC1. The first-order chi connectivity index (χ1) is 14.3. The minimum Gasteiger partial charge on any atom is -0.352 e. The molecule has 0 bridgehead atoms. The fourth-order valence-corrected chi connectivity index (χ4v) is 4.45. The van der Waals surface area contributed by atoms with Crippen molar-refractivity contribution in [3.8, 4) is 10.6 Å². The average molecular weight is 404 g/mol. The third-order valence-electron chi connectivity index (χ3n) is 5.37. The molecule has 5 rings (SSSR count). The van der Waals surface area contributed by atoms with E-state index < -0.39 is 0 Å². The topological polar surface area (TPSA) is 54.3 Å². The smallest absolute Gasteiger partial charge is 0.242 e. The Hall–Kier alpha value is -3.19. The summed E-state index contributed by atoms with van der Waals surface area (Å²) in [5.74, 6) is 1.03. The summed E-state index contributed by atoms with van der Waals surface area (Å²) in [6.45, 7) is 3.32. The van der Waals surface area contributed by atoms with Crippen LogP contribution >= 0.6 is 11.3 Å². The summed E-state index contributed by atoms with van der Waals surface area (Å²) in [5, 5.41) is 12.0. The van der Waals surface area contributed by atoms with E-state index in [9.17, 15) is 4.79 Å². The van der Waals surface area contributed by atoms with E-state index >= 15 is 0 Å². The number of para-hydroxylation sites is 1. The van der Waals surface area contributed by atoms with E-state index in [4.69, 9.17) is 0 Å². The van der Waals surface area contributed by atoms with Crippen LogP contribution in [-0.2, 0) is 11.3 Å². The second-order valence-electron chi connectivity index (χ2n) is 7.12. The van der Waals surface area contributed by atoms with Gasteiger partial charge in [-0.3, -0.25) is 4.79 Å². The number of anilines is 1. The Morgan fingerprint density at radius 3 is 2.55 bits per heavy atom. The number of carbonyl (C=O) groups excluding carboxylic acids is 1. The van der Waals surface area contributed by atoms with Crippen molar-refractivity contribution in [2.24, 2.45) is 0 Å². The highest BCUT2D eigenvalue weighted by Crippen LogP contribution is 2.23. The van der Waals surface area contributed by atoms with Crippen molar-refractivity contribution in [1.29, 1.82) is 0 Å². The zero-order chi connectivity index (χ0) is 19.6. The molecule has 0 N–H and O–H groups in total. The second kappa shape index (κ2) is 7.67. The predicted octanol–water partition coefficient (Wildman–Crippen LogP) is 3.51.